The van der Waals surface area contributed by atoms with E-state index >= 15 is 0 Å². The van der Waals surface area contributed by atoms with Gasteiger partial charge in [0, 0.05) is 25.4 Å². The van der Waals surface area contributed by atoms with Crippen molar-refractivity contribution in [1.82, 2.24) is 9.88 Å². The summed E-state index contributed by atoms with van der Waals surface area (Å²) >= 11 is 0. The molecule has 2 amide bonds. The molecule has 0 bridgehead atoms. The van der Waals surface area contributed by atoms with Crippen LogP contribution >= 0.6 is 0 Å². The first-order valence-corrected chi connectivity index (χ1v) is 10.7. The second kappa shape index (κ2) is 9.81. The van der Waals surface area contributed by atoms with Crippen molar-refractivity contribution in [2.24, 2.45) is 0 Å². The minimum absolute atomic E-state index is 0.217. The number of anilines is 1. The smallest absolute Gasteiger partial charge is 0.415 e. The summed E-state index contributed by atoms with van der Waals surface area (Å²) in [5.41, 5.74) is 1.14. The highest BCUT2D eigenvalue weighted by Gasteiger charge is 2.33. The second-order valence-electron chi connectivity index (χ2n) is 8.70. The lowest BCUT2D eigenvalue weighted by Crippen LogP contribution is -2.40. The van der Waals surface area contributed by atoms with E-state index in [2.05, 4.69) is 4.98 Å². The maximum absolute atomic E-state index is 12.9. The number of carbonyl (C=O) groups is 2. The molecule has 0 spiro atoms. The van der Waals surface area contributed by atoms with Gasteiger partial charge in [-0.15, -0.1) is 0 Å². The maximum Gasteiger partial charge on any atom is 0.415 e. The number of amides is 2. The van der Waals surface area contributed by atoms with E-state index in [9.17, 15) is 9.59 Å². The number of aromatic nitrogens is 1. The Kier molecular flexibility index (Phi) is 7.15. The Morgan fingerprint density at radius 2 is 1.87 bits per heavy atom. The molecule has 0 unspecified atom stereocenters. The fourth-order valence-electron chi connectivity index (χ4n) is 3.64. The Labute approximate surface area is 184 Å². The van der Waals surface area contributed by atoms with E-state index in [4.69, 9.17) is 9.47 Å². The lowest BCUT2D eigenvalue weighted by atomic mass is 9.96. The SMILES string of the molecule is CN(C(=O)OC(C)(C)C)c1ncccc1[C@H]1CCCCN1C(=O)OCc1ccccc1. The summed E-state index contributed by atoms with van der Waals surface area (Å²) < 4.78 is 11.1. The highest BCUT2D eigenvalue weighted by Crippen LogP contribution is 2.36. The largest absolute Gasteiger partial charge is 0.445 e. The van der Waals surface area contributed by atoms with Crippen LogP contribution in [-0.4, -0.2) is 41.3 Å². The summed E-state index contributed by atoms with van der Waals surface area (Å²) in [4.78, 5) is 33.2. The normalized spacial score (nSPS) is 16.5. The first-order valence-electron chi connectivity index (χ1n) is 10.7. The average Bonchev–Trinajstić information content (AvgIpc) is 2.76. The molecule has 3 rings (SSSR count). The van der Waals surface area contributed by atoms with Gasteiger partial charge >= 0.3 is 12.2 Å². The first kappa shape index (κ1) is 22.6. The zero-order chi connectivity index (χ0) is 22.4. The summed E-state index contributed by atoms with van der Waals surface area (Å²) in [6.07, 6.45) is 3.47. The zero-order valence-electron chi connectivity index (χ0n) is 18.7. The van der Waals surface area contributed by atoms with Gasteiger partial charge in [0.2, 0.25) is 0 Å². The standard InChI is InChI=1S/C24H31N3O4/c1-24(2,3)31-22(28)26(4)21-19(13-10-15-25-21)20-14-8-9-16-27(20)23(29)30-17-18-11-6-5-7-12-18/h5-7,10-13,15,20H,8-9,14,16-17H2,1-4H3/t20-/m1/s1. The minimum Gasteiger partial charge on any atom is -0.445 e. The van der Waals surface area contributed by atoms with Crippen LogP contribution in [0.5, 0.6) is 0 Å². The van der Waals surface area contributed by atoms with Crippen LogP contribution in [0.15, 0.2) is 48.7 Å². The molecule has 7 nitrogen and oxygen atoms in total. The number of likely N-dealkylation sites (tertiary alicyclic amines) is 1. The fraction of sp³-hybridized carbons (Fsp3) is 0.458. The van der Waals surface area contributed by atoms with E-state index in [1.165, 1.54) is 4.90 Å². The maximum atomic E-state index is 12.9. The molecule has 2 aromatic rings. The van der Waals surface area contributed by atoms with E-state index in [1.807, 2.05) is 63.2 Å². The summed E-state index contributed by atoms with van der Waals surface area (Å²) in [7, 11) is 1.64. The lowest BCUT2D eigenvalue weighted by Gasteiger charge is -2.36. The van der Waals surface area contributed by atoms with Crippen LogP contribution in [0.25, 0.3) is 0 Å². The average molecular weight is 426 g/mol. The van der Waals surface area contributed by atoms with E-state index in [1.54, 1.807) is 18.1 Å². The van der Waals surface area contributed by atoms with Crippen molar-refractivity contribution in [3.63, 3.8) is 0 Å². The van der Waals surface area contributed by atoms with E-state index in [0.717, 1.165) is 30.4 Å². The van der Waals surface area contributed by atoms with Crippen LogP contribution < -0.4 is 4.90 Å². The number of hydrogen-bond acceptors (Lipinski definition) is 5. The fourth-order valence-corrected chi connectivity index (χ4v) is 3.64. The van der Waals surface area contributed by atoms with Crippen molar-refractivity contribution in [2.75, 3.05) is 18.5 Å². The number of hydrogen-bond donors (Lipinski definition) is 0. The van der Waals surface area contributed by atoms with Crippen LogP contribution in [0.4, 0.5) is 15.4 Å². The van der Waals surface area contributed by atoms with Crippen LogP contribution in [0.3, 0.4) is 0 Å². The number of piperidine rings is 1. The van der Waals surface area contributed by atoms with Gasteiger partial charge < -0.3 is 14.4 Å². The van der Waals surface area contributed by atoms with Crippen molar-refractivity contribution in [3.8, 4) is 0 Å². The molecule has 0 saturated carbocycles. The van der Waals surface area contributed by atoms with Gasteiger partial charge in [-0.3, -0.25) is 4.90 Å². The predicted octanol–water partition coefficient (Wildman–Crippen LogP) is 5.32. The molecule has 0 radical (unpaired) electrons. The second-order valence-corrected chi connectivity index (χ2v) is 8.70. The highest BCUT2D eigenvalue weighted by molar-refractivity contribution is 5.87. The van der Waals surface area contributed by atoms with Crippen LogP contribution in [0.1, 0.15) is 57.2 Å². The number of rotatable bonds is 4. The third-order valence-corrected chi connectivity index (χ3v) is 5.10. The zero-order valence-corrected chi connectivity index (χ0v) is 18.7. The molecule has 1 atom stereocenters. The van der Waals surface area contributed by atoms with Gasteiger partial charge in [-0.05, 0) is 51.7 Å². The van der Waals surface area contributed by atoms with Gasteiger partial charge in [0.1, 0.15) is 18.0 Å². The van der Waals surface area contributed by atoms with Crippen molar-refractivity contribution in [3.05, 3.63) is 59.8 Å². The minimum atomic E-state index is -0.613. The number of ether oxygens (including phenoxy) is 2. The molecular weight excluding hydrogens is 394 g/mol. The summed E-state index contributed by atoms with van der Waals surface area (Å²) in [6.45, 7) is 6.29. The number of pyridine rings is 1. The molecule has 1 saturated heterocycles. The molecule has 1 aliphatic rings. The van der Waals surface area contributed by atoms with Crippen molar-refractivity contribution < 1.29 is 19.1 Å². The summed E-state index contributed by atoms with van der Waals surface area (Å²) in [6, 6.07) is 13.1. The molecule has 31 heavy (non-hydrogen) atoms. The molecular formula is C24H31N3O4. The van der Waals surface area contributed by atoms with E-state index in [-0.39, 0.29) is 18.7 Å². The van der Waals surface area contributed by atoms with E-state index in [0.29, 0.717) is 12.4 Å². The Balaban J connectivity index is 1.79. The summed E-state index contributed by atoms with van der Waals surface area (Å²) in [5, 5.41) is 0. The third-order valence-electron chi connectivity index (χ3n) is 5.10. The van der Waals surface area contributed by atoms with Crippen LogP contribution in [0.2, 0.25) is 0 Å². The van der Waals surface area contributed by atoms with Crippen molar-refractivity contribution in [2.45, 2.75) is 58.3 Å². The van der Waals surface area contributed by atoms with Crippen LogP contribution in [-0.2, 0) is 16.1 Å². The molecule has 166 valence electrons. The Bertz CT molecular complexity index is 895. The molecule has 1 fully saturated rings. The van der Waals surface area contributed by atoms with Gasteiger partial charge in [0.15, 0.2) is 0 Å². The monoisotopic (exact) mass is 425 g/mol. The molecule has 0 aliphatic carbocycles. The molecule has 0 N–H and O–H groups in total. The van der Waals surface area contributed by atoms with Gasteiger partial charge in [-0.25, -0.2) is 14.6 Å². The topological polar surface area (TPSA) is 72.0 Å². The van der Waals surface area contributed by atoms with E-state index < -0.39 is 11.7 Å². The van der Waals surface area contributed by atoms with Crippen molar-refractivity contribution in [1.29, 1.82) is 0 Å². The Hall–Kier alpha value is -3.09. The van der Waals surface area contributed by atoms with Gasteiger partial charge in [-0.2, -0.15) is 0 Å². The lowest BCUT2D eigenvalue weighted by molar-refractivity contribution is 0.0586. The number of carbonyl (C=O) groups excluding carboxylic acids is 2. The molecule has 2 heterocycles. The van der Waals surface area contributed by atoms with Crippen molar-refractivity contribution >= 4 is 18.0 Å². The first-order chi connectivity index (χ1) is 14.8. The summed E-state index contributed by atoms with van der Waals surface area (Å²) in [5.74, 6) is 0.490. The molecule has 1 aliphatic heterocycles. The molecule has 1 aromatic heterocycles. The number of benzene rings is 1. The molecule has 1 aromatic carbocycles. The molecule has 7 heteroatoms. The highest BCUT2D eigenvalue weighted by atomic mass is 16.6. The van der Waals surface area contributed by atoms with Gasteiger partial charge in [-0.1, -0.05) is 36.4 Å². The Morgan fingerprint density at radius 3 is 2.58 bits per heavy atom. The number of nitrogens with zero attached hydrogens (tertiary/aromatic N) is 3. The van der Waals surface area contributed by atoms with Gasteiger partial charge in [0.25, 0.3) is 0 Å². The Morgan fingerprint density at radius 1 is 1.13 bits per heavy atom. The predicted molar refractivity (Wildman–Crippen MR) is 119 cm³/mol. The van der Waals surface area contributed by atoms with Crippen LogP contribution in [0, 0.1) is 0 Å². The quantitative estimate of drug-likeness (QED) is 0.663. The van der Waals surface area contributed by atoms with Gasteiger partial charge in [0.05, 0.1) is 6.04 Å². The third kappa shape index (κ3) is 5.96.